The summed E-state index contributed by atoms with van der Waals surface area (Å²) in [6.07, 6.45) is 2.17. The van der Waals surface area contributed by atoms with Crippen LogP contribution in [0.25, 0.3) is 21.9 Å². The Bertz CT molecular complexity index is 1880. The van der Waals surface area contributed by atoms with Crippen LogP contribution in [0.5, 0.6) is 5.88 Å². The number of carbonyl (C=O) groups excluding carboxylic acids is 1. The van der Waals surface area contributed by atoms with Crippen molar-refractivity contribution in [2.75, 3.05) is 26.8 Å². The lowest BCUT2D eigenvalue weighted by Crippen LogP contribution is -2.37. The molecule has 47 heavy (non-hydrogen) atoms. The number of hydrogen-bond donors (Lipinski definition) is 0. The molecule has 5 aromatic rings. The van der Waals surface area contributed by atoms with Crippen LogP contribution in [0.2, 0.25) is 0 Å². The van der Waals surface area contributed by atoms with Gasteiger partial charge in [0, 0.05) is 29.7 Å². The van der Waals surface area contributed by atoms with Crippen molar-refractivity contribution in [1.82, 2.24) is 29.2 Å². The molecular formula is C35H38F2N6O4. The van der Waals surface area contributed by atoms with E-state index in [-0.39, 0.29) is 24.7 Å². The minimum Gasteiger partial charge on any atom is -0.473 e. The second kappa shape index (κ2) is 13.4. The molecule has 3 aromatic heterocycles. The van der Waals surface area contributed by atoms with Gasteiger partial charge in [-0.15, -0.1) is 0 Å². The number of piperidine rings is 1. The summed E-state index contributed by atoms with van der Waals surface area (Å²) in [7, 11) is 1.39. The molecule has 2 atom stereocenters. The standard InChI is InChI=1S/C35H38F2N6O4/c1-22(34-40-29-9-8-25(35(44)45-2)17-31(29)42(34)19-27-12-15-46-27)41-13-10-24(11-14-41)28-4-3-5-33(39-28)47-21-23-6-7-26-18-38-43(20-32(36)37)30(26)16-23/h3-9,16-18,22,24,27,32H,10-15,19-21H2,1-2H3/t22-,27-/m0/s1. The van der Waals surface area contributed by atoms with Gasteiger partial charge in [0.15, 0.2) is 0 Å². The molecule has 0 N–H and O–H groups in total. The summed E-state index contributed by atoms with van der Waals surface area (Å²) in [4.78, 5) is 24.6. The van der Waals surface area contributed by atoms with E-state index in [4.69, 9.17) is 24.2 Å². The Morgan fingerprint density at radius 3 is 2.62 bits per heavy atom. The highest BCUT2D eigenvalue weighted by atomic mass is 19.3. The van der Waals surface area contributed by atoms with Gasteiger partial charge in [0.2, 0.25) is 5.88 Å². The highest BCUT2D eigenvalue weighted by Gasteiger charge is 2.30. The molecule has 10 nitrogen and oxygen atoms in total. The first-order chi connectivity index (χ1) is 22.9. The van der Waals surface area contributed by atoms with E-state index >= 15 is 0 Å². The number of carbonyl (C=O) groups is 1. The smallest absolute Gasteiger partial charge is 0.337 e. The Hall–Kier alpha value is -4.42. The van der Waals surface area contributed by atoms with Crippen molar-refractivity contribution in [2.45, 2.75) is 70.4 Å². The van der Waals surface area contributed by atoms with Crippen LogP contribution in [0.3, 0.4) is 0 Å². The lowest BCUT2D eigenvalue weighted by molar-refractivity contribution is -0.0594. The molecule has 2 aromatic carbocycles. The Labute approximate surface area is 271 Å². The lowest BCUT2D eigenvalue weighted by atomic mass is 9.92. The van der Waals surface area contributed by atoms with Crippen molar-refractivity contribution in [3.8, 4) is 5.88 Å². The largest absolute Gasteiger partial charge is 0.473 e. The number of rotatable bonds is 11. The molecule has 0 bridgehead atoms. The second-order valence-electron chi connectivity index (χ2n) is 12.3. The van der Waals surface area contributed by atoms with Gasteiger partial charge < -0.3 is 18.8 Å². The predicted molar refractivity (Wildman–Crippen MR) is 172 cm³/mol. The number of hydrogen-bond acceptors (Lipinski definition) is 8. The van der Waals surface area contributed by atoms with Gasteiger partial charge in [0.1, 0.15) is 19.0 Å². The summed E-state index contributed by atoms with van der Waals surface area (Å²) < 4.78 is 46.3. The Morgan fingerprint density at radius 2 is 1.87 bits per heavy atom. The Kier molecular flexibility index (Phi) is 8.87. The van der Waals surface area contributed by atoms with Gasteiger partial charge >= 0.3 is 5.97 Å². The molecule has 12 heteroatoms. The first-order valence-electron chi connectivity index (χ1n) is 16.1. The third kappa shape index (κ3) is 6.57. The monoisotopic (exact) mass is 644 g/mol. The molecule has 0 amide bonds. The number of aromatic nitrogens is 5. The van der Waals surface area contributed by atoms with Crippen LogP contribution in [0.4, 0.5) is 8.78 Å². The third-order valence-corrected chi connectivity index (χ3v) is 9.40. The summed E-state index contributed by atoms with van der Waals surface area (Å²) in [6.45, 7) is 5.28. The second-order valence-corrected chi connectivity index (χ2v) is 12.3. The van der Waals surface area contributed by atoms with Crippen molar-refractivity contribution < 1.29 is 27.8 Å². The Morgan fingerprint density at radius 1 is 1.04 bits per heavy atom. The van der Waals surface area contributed by atoms with Crippen molar-refractivity contribution in [3.63, 3.8) is 0 Å². The summed E-state index contributed by atoms with van der Waals surface area (Å²) in [5.41, 5.74) is 4.80. The molecule has 2 saturated heterocycles. The average Bonchev–Trinajstić information content (AvgIpc) is 3.64. The summed E-state index contributed by atoms with van der Waals surface area (Å²) in [6, 6.07) is 17.1. The number of fused-ring (bicyclic) bond motifs is 2. The van der Waals surface area contributed by atoms with E-state index in [0.717, 1.165) is 72.5 Å². The van der Waals surface area contributed by atoms with E-state index in [1.165, 1.54) is 11.8 Å². The van der Waals surface area contributed by atoms with E-state index in [0.29, 0.717) is 29.4 Å². The molecule has 0 unspecified atom stereocenters. The van der Waals surface area contributed by atoms with Gasteiger partial charge in [0.25, 0.3) is 6.43 Å². The van der Waals surface area contributed by atoms with E-state index in [2.05, 4.69) is 27.6 Å². The fourth-order valence-corrected chi connectivity index (χ4v) is 6.65. The average molecular weight is 645 g/mol. The number of imidazole rings is 1. The number of ether oxygens (including phenoxy) is 3. The van der Waals surface area contributed by atoms with Crippen molar-refractivity contribution >= 4 is 27.9 Å². The maximum Gasteiger partial charge on any atom is 0.337 e. The first-order valence-corrected chi connectivity index (χ1v) is 16.1. The zero-order valence-corrected chi connectivity index (χ0v) is 26.5. The van der Waals surface area contributed by atoms with Gasteiger partial charge in [-0.2, -0.15) is 5.10 Å². The van der Waals surface area contributed by atoms with E-state index in [1.54, 1.807) is 12.3 Å². The number of likely N-dealkylation sites (tertiary alicyclic amines) is 1. The van der Waals surface area contributed by atoms with Crippen molar-refractivity contribution in [1.29, 1.82) is 0 Å². The molecule has 2 fully saturated rings. The molecule has 0 aliphatic carbocycles. The van der Waals surface area contributed by atoms with Crippen LogP contribution in [0, 0.1) is 0 Å². The molecule has 0 radical (unpaired) electrons. The van der Waals surface area contributed by atoms with Gasteiger partial charge in [-0.1, -0.05) is 18.2 Å². The van der Waals surface area contributed by atoms with Crippen molar-refractivity contribution in [2.24, 2.45) is 0 Å². The third-order valence-electron chi connectivity index (χ3n) is 9.40. The SMILES string of the molecule is COC(=O)c1ccc2nc([C@H](C)N3CCC(c4cccc(OCc5ccc6cnn(CC(F)F)c6c5)n4)CC3)n(C[C@@H]3CCO3)c2c1. The lowest BCUT2D eigenvalue weighted by Gasteiger charge is -2.36. The van der Waals surface area contributed by atoms with Crippen LogP contribution in [0.1, 0.15) is 65.6 Å². The maximum atomic E-state index is 13.0. The highest BCUT2D eigenvalue weighted by Crippen LogP contribution is 2.34. The molecule has 2 aliphatic rings. The van der Waals surface area contributed by atoms with Crippen LogP contribution in [-0.2, 0) is 29.2 Å². The number of nitrogens with zero attached hydrogens (tertiary/aromatic N) is 6. The fraction of sp³-hybridized carbons (Fsp3) is 0.429. The van der Waals surface area contributed by atoms with Crippen molar-refractivity contribution in [3.05, 3.63) is 83.4 Å². The zero-order valence-electron chi connectivity index (χ0n) is 26.5. The van der Waals surface area contributed by atoms with Gasteiger partial charge in [-0.3, -0.25) is 9.58 Å². The number of methoxy groups -OCH3 is 1. The molecule has 246 valence electrons. The quantitative estimate of drug-likeness (QED) is 0.158. The van der Waals surface area contributed by atoms with Crippen LogP contribution < -0.4 is 4.74 Å². The van der Waals surface area contributed by atoms with Gasteiger partial charge in [-0.25, -0.2) is 23.5 Å². The van der Waals surface area contributed by atoms with Crippen LogP contribution in [-0.4, -0.2) is 74.5 Å². The summed E-state index contributed by atoms with van der Waals surface area (Å²) in [5.74, 6) is 1.45. The predicted octanol–water partition coefficient (Wildman–Crippen LogP) is 6.14. The first kappa shape index (κ1) is 31.2. The number of esters is 1. The minimum atomic E-state index is -2.47. The van der Waals surface area contributed by atoms with E-state index in [9.17, 15) is 13.6 Å². The number of halogens is 2. The highest BCUT2D eigenvalue weighted by molar-refractivity contribution is 5.93. The van der Waals surface area contributed by atoms with E-state index < -0.39 is 13.0 Å². The molecule has 0 spiro atoms. The van der Waals surface area contributed by atoms with E-state index in [1.807, 2.05) is 42.5 Å². The molecular weight excluding hydrogens is 606 g/mol. The zero-order chi connectivity index (χ0) is 32.5. The number of benzene rings is 2. The van der Waals surface area contributed by atoms with Crippen LogP contribution in [0.15, 0.2) is 60.8 Å². The Balaban J connectivity index is 1.01. The minimum absolute atomic E-state index is 0.0713. The summed E-state index contributed by atoms with van der Waals surface area (Å²) in [5, 5.41) is 4.90. The summed E-state index contributed by atoms with van der Waals surface area (Å²) >= 11 is 0. The maximum absolute atomic E-state index is 13.0. The number of alkyl halides is 2. The number of pyridine rings is 1. The molecule has 5 heterocycles. The normalized spacial score (nSPS) is 18.1. The topological polar surface area (TPSA) is 96.5 Å². The molecule has 2 aliphatic heterocycles. The van der Waals surface area contributed by atoms with Gasteiger partial charge in [-0.05, 0) is 75.2 Å². The molecule has 0 saturated carbocycles. The van der Waals surface area contributed by atoms with Gasteiger partial charge in [0.05, 0.1) is 54.1 Å². The fourth-order valence-electron chi connectivity index (χ4n) is 6.65. The van der Waals surface area contributed by atoms with Crippen LogP contribution >= 0.6 is 0 Å². The molecule has 7 rings (SSSR count).